The number of allylic oxidation sites excluding steroid dienone is 1. The molecular weight excluding hydrogens is 370 g/mol. The van der Waals surface area contributed by atoms with Crippen LogP contribution in [0.5, 0.6) is 11.5 Å². The van der Waals surface area contributed by atoms with Gasteiger partial charge in [-0.3, -0.25) is 0 Å². The van der Waals surface area contributed by atoms with Crippen LogP contribution in [-0.4, -0.2) is 49.1 Å². The minimum atomic E-state index is -0.607. The van der Waals surface area contributed by atoms with Gasteiger partial charge in [0.15, 0.2) is 0 Å². The summed E-state index contributed by atoms with van der Waals surface area (Å²) in [5, 5.41) is 14.1. The molecule has 0 radical (unpaired) electrons. The zero-order valence-corrected chi connectivity index (χ0v) is 16.3. The van der Waals surface area contributed by atoms with E-state index in [-0.39, 0.29) is 18.3 Å². The van der Waals surface area contributed by atoms with Crippen molar-refractivity contribution in [2.45, 2.75) is 25.7 Å². The number of phenolic OH excluding ortho intramolecular Hbond substituents is 1. The molecule has 0 aromatic heterocycles. The lowest BCUT2D eigenvalue weighted by atomic mass is 9.80. The van der Waals surface area contributed by atoms with Crippen molar-refractivity contribution < 1.29 is 19.4 Å². The van der Waals surface area contributed by atoms with Crippen LogP contribution in [0.15, 0.2) is 39.8 Å². The highest BCUT2D eigenvalue weighted by atomic mass is 16.5. The number of amides is 1. The van der Waals surface area contributed by atoms with E-state index >= 15 is 0 Å². The van der Waals surface area contributed by atoms with Gasteiger partial charge in [-0.25, -0.2) is 9.79 Å². The lowest BCUT2D eigenvalue weighted by Gasteiger charge is -2.34. The molecule has 0 spiro atoms. The third kappa shape index (κ3) is 3.79. The van der Waals surface area contributed by atoms with Crippen LogP contribution in [0.3, 0.4) is 0 Å². The van der Waals surface area contributed by atoms with Gasteiger partial charge in [-0.2, -0.15) is 4.99 Å². The van der Waals surface area contributed by atoms with Crippen LogP contribution in [0.2, 0.25) is 0 Å². The van der Waals surface area contributed by atoms with Crippen molar-refractivity contribution in [2.75, 3.05) is 26.3 Å². The second-order valence-electron chi connectivity index (χ2n) is 8.19. The summed E-state index contributed by atoms with van der Waals surface area (Å²) in [6, 6.07) is 5.28. The quantitative estimate of drug-likeness (QED) is 0.799. The summed E-state index contributed by atoms with van der Waals surface area (Å²) in [4.78, 5) is 20.5. The predicted molar refractivity (Wildman–Crippen MR) is 109 cm³/mol. The number of ether oxygens (including phenoxy) is 2. The molecule has 7 nitrogen and oxygen atoms in total. The lowest BCUT2D eigenvalue weighted by Crippen LogP contribution is -2.39. The summed E-state index contributed by atoms with van der Waals surface area (Å²) >= 11 is 0. The highest BCUT2D eigenvalue weighted by molar-refractivity contribution is 6.20. The number of phenols is 1. The first kappa shape index (κ1) is 18.4. The molecule has 29 heavy (non-hydrogen) atoms. The van der Waals surface area contributed by atoms with Crippen LogP contribution < -0.4 is 10.1 Å². The number of carbonyl (C=O) groups is 1. The van der Waals surface area contributed by atoms with E-state index in [1.165, 1.54) is 12.8 Å². The summed E-state index contributed by atoms with van der Waals surface area (Å²) in [5.41, 5.74) is 2.32. The predicted octanol–water partition coefficient (Wildman–Crippen LogP) is 3.07. The Morgan fingerprint density at radius 1 is 1.24 bits per heavy atom. The van der Waals surface area contributed by atoms with Crippen LogP contribution in [0, 0.1) is 17.8 Å². The van der Waals surface area contributed by atoms with Crippen molar-refractivity contribution in [3.63, 3.8) is 0 Å². The molecule has 1 saturated carbocycles. The number of aromatic hydroxyl groups is 1. The van der Waals surface area contributed by atoms with Crippen molar-refractivity contribution in [2.24, 2.45) is 27.7 Å². The van der Waals surface area contributed by atoms with Gasteiger partial charge >= 0.3 is 6.09 Å². The van der Waals surface area contributed by atoms with Gasteiger partial charge in [0.1, 0.15) is 23.9 Å². The molecule has 0 bridgehead atoms. The van der Waals surface area contributed by atoms with Crippen molar-refractivity contribution in [3.05, 3.63) is 35.4 Å². The molecule has 4 aliphatic rings. The molecule has 7 heteroatoms. The number of rotatable bonds is 5. The minimum absolute atomic E-state index is 0.117. The molecule has 1 aromatic carbocycles. The molecule has 1 aromatic rings. The monoisotopic (exact) mass is 395 g/mol. The smallest absolute Gasteiger partial charge is 0.435 e. The van der Waals surface area contributed by atoms with Crippen molar-refractivity contribution >= 4 is 17.6 Å². The SMILES string of the molecule is O=C1N=C2N=C(c3c(O)cccc3OCC3CC3)C=C(C3CCCNC3)C2CO1. The van der Waals surface area contributed by atoms with Gasteiger partial charge in [-0.15, -0.1) is 0 Å². The number of fused-ring (bicyclic) bond motifs is 1. The van der Waals surface area contributed by atoms with E-state index in [9.17, 15) is 9.90 Å². The average molecular weight is 395 g/mol. The Kier molecular flexibility index (Phi) is 4.83. The second-order valence-corrected chi connectivity index (χ2v) is 8.19. The Labute approximate surface area is 169 Å². The fourth-order valence-corrected chi connectivity index (χ4v) is 4.25. The molecule has 3 aliphatic heterocycles. The second kappa shape index (κ2) is 7.63. The fraction of sp³-hybridized carbons (Fsp3) is 0.500. The van der Waals surface area contributed by atoms with E-state index in [1.54, 1.807) is 12.1 Å². The Balaban J connectivity index is 1.56. The summed E-state index contributed by atoms with van der Waals surface area (Å²) in [7, 11) is 0. The number of amidine groups is 1. The molecule has 2 unspecified atom stereocenters. The first-order chi connectivity index (χ1) is 14.2. The van der Waals surface area contributed by atoms with Crippen molar-refractivity contribution in [1.82, 2.24) is 5.32 Å². The highest BCUT2D eigenvalue weighted by Gasteiger charge is 2.36. The molecule has 2 fully saturated rings. The Morgan fingerprint density at radius 3 is 2.93 bits per heavy atom. The summed E-state index contributed by atoms with van der Waals surface area (Å²) < 4.78 is 11.2. The zero-order valence-electron chi connectivity index (χ0n) is 16.3. The van der Waals surface area contributed by atoms with Gasteiger partial charge in [0.2, 0.25) is 0 Å². The van der Waals surface area contributed by atoms with E-state index in [0.29, 0.717) is 41.3 Å². The molecule has 1 amide bonds. The average Bonchev–Trinajstić information content (AvgIpc) is 3.56. The summed E-state index contributed by atoms with van der Waals surface area (Å²) in [6.45, 7) is 2.80. The van der Waals surface area contributed by atoms with E-state index in [2.05, 4.69) is 15.3 Å². The van der Waals surface area contributed by atoms with Gasteiger partial charge in [-0.05, 0) is 67.8 Å². The maximum Gasteiger partial charge on any atom is 0.435 e. The fourth-order valence-electron chi connectivity index (χ4n) is 4.25. The number of dihydropyridines is 1. The molecular formula is C22H25N3O4. The van der Waals surface area contributed by atoms with Crippen LogP contribution in [-0.2, 0) is 4.74 Å². The number of nitrogens with zero attached hydrogens (tertiary/aromatic N) is 2. The van der Waals surface area contributed by atoms with Gasteiger partial charge in [0, 0.05) is 6.54 Å². The Morgan fingerprint density at radius 2 is 2.14 bits per heavy atom. The van der Waals surface area contributed by atoms with Crippen LogP contribution in [0.4, 0.5) is 4.79 Å². The van der Waals surface area contributed by atoms with E-state index in [4.69, 9.17) is 9.47 Å². The van der Waals surface area contributed by atoms with Crippen molar-refractivity contribution in [3.8, 4) is 11.5 Å². The number of cyclic esters (lactones) is 1. The maximum absolute atomic E-state index is 11.8. The largest absolute Gasteiger partial charge is 0.507 e. The molecule has 2 atom stereocenters. The van der Waals surface area contributed by atoms with Crippen LogP contribution >= 0.6 is 0 Å². The first-order valence-electron chi connectivity index (χ1n) is 10.4. The maximum atomic E-state index is 11.8. The normalized spacial score (nSPS) is 26.6. The number of hydrogen-bond acceptors (Lipinski definition) is 6. The summed E-state index contributed by atoms with van der Waals surface area (Å²) in [6.07, 6.45) is 5.97. The van der Waals surface area contributed by atoms with Crippen LogP contribution in [0.1, 0.15) is 31.2 Å². The van der Waals surface area contributed by atoms with E-state index in [1.807, 2.05) is 12.1 Å². The Bertz CT molecular complexity index is 911. The summed E-state index contributed by atoms with van der Waals surface area (Å²) in [5.74, 6) is 2.00. The van der Waals surface area contributed by atoms with Crippen LogP contribution in [0.25, 0.3) is 0 Å². The van der Waals surface area contributed by atoms with Gasteiger partial charge in [0.25, 0.3) is 0 Å². The molecule has 152 valence electrons. The lowest BCUT2D eigenvalue weighted by molar-refractivity contribution is 0.144. The molecule has 5 rings (SSSR count). The molecule has 2 N–H and O–H groups in total. The minimum Gasteiger partial charge on any atom is -0.507 e. The number of carbonyl (C=O) groups excluding carboxylic acids is 1. The van der Waals surface area contributed by atoms with Gasteiger partial charge in [0.05, 0.1) is 23.8 Å². The Hall–Kier alpha value is -2.67. The molecule has 1 saturated heterocycles. The third-order valence-electron chi connectivity index (χ3n) is 6.03. The third-order valence-corrected chi connectivity index (χ3v) is 6.03. The van der Waals surface area contributed by atoms with Crippen molar-refractivity contribution in [1.29, 1.82) is 0 Å². The highest BCUT2D eigenvalue weighted by Crippen LogP contribution is 2.37. The standard InChI is InChI=1S/C22H25N3O4/c26-18-4-1-5-19(28-11-13-6-7-13)20(18)17-9-15(14-3-2-8-23-10-14)16-12-29-22(27)25-21(16)24-17/h1,4-5,9,13-14,16,23,26H,2-3,6-8,10-12H2. The van der Waals surface area contributed by atoms with Gasteiger partial charge in [-0.1, -0.05) is 6.07 Å². The number of nitrogens with one attached hydrogen (secondary N) is 1. The number of aliphatic imine (C=N–C) groups is 2. The first-order valence-corrected chi connectivity index (χ1v) is 10.4. The van der Waals surface area contributed by atoms with E-state index in [0.717, 1.165) is 31.5 Å². The molecule has 3 heterocycles. The topological polar surface area (TPSA) is 92.5 Å². The zero-order chi connectivity index (χ0) is 19.8. The van der Waals surface area contributed by atoms with E-state index < -0.39 is 6.09 Å². The molecule has 1 aliphatic carbocycles. The number of benzene rings is 1. The number of piperidine rings is 1. The number of hydrogen-bond donors (Lipinski definition) is 2. The van der Waals surface area contributed by atoms with Gasteiger partial charge < -0.3 is 19.9 Å².